The van der Waals surface area contributed by atoms with Gasteiger partial charge in [-0.05, 0) is 50.0 Å². The van der Waals surface area contributed by atoms with Crippen LogP contribution in [0.2, 0.25) is 0 Å². The Morgan fingerprint density at radius 2 is 1.85 bits per heavy atom. The van der Waals surface area contributed by atoms with Gasteiger partial charge in [-0.25, -0.2) is 0 Å². The lowest BCUT2D eigenvalue weighted by Gasteiger charge is -2.30. The van der Waals surface area contributed by atoms with Gasteiger partial charge < -0.3 is 5.32 Å². The molecule has 0 aromatic carbocycles. The van der Waals surface area contributed by atoms with E-state index in [1.54, 1.807) is 0 Å². The van der Waals surface area contributed by atoms with E-state index in [1.807, 2.05) is 0 Å². The molecule has 0 amide bonds. The molecule has 0 aromatic rings. The minimum absolute atomic E-state index is 0.820. The van der Waals surface area contributed by atoms with Crippen molar-refractivity contribution in [2.45, 2.75) is 52.0 Å². The lowest BCUT2D eigenvalue weighted by atomic mass is 9.85. The molecule has 1 N–H and O–H groups in total. The van der Waals surface area contributed by atoms with Crippen molar-refractivity contribution in [3.05, 3.63) is 0 Å². The summed E-state index contributed by atoms with van der Waals surface area (Å²) >= 11 is 0. The van der Waals surface area contributed by atoms with Gasteiger partial charge in [-0.2, -0.15) is 0 Å². The first-order valence-corrected chi connectivity index (χ1v) is 6.00. The summed E-state index contributed by atoms with van der Waals surface area (Å²) in [6.45, 7) is 6.01. The third-order valence-electron chi connectivity index (χ3n) is 3.72. The molecule has 76 valence electrons. The third-order valence-corrected chi connectivity index (χ3v) is 3.72. The number of rotatable bonds is 5. The molecule has 2 saturated carbocycles. The van der Waals surface area contributed by atoms with Crippen LogP contribution >= 0.6 is 0 Å². The molecule has 1 nitrogen and oxygen atoms in total. The highest BCUT2D eigenvalue weighted by atomic mass is 14.9. The average molecular weight is 181 g/mol. The van der Waals surface area contributed by atoms with Gasteiger partial charge >= 0.3 is 0 Å². The molecule has 1 heteroatoms. The summed E-state index contributed by atoms with van der Waals surface area (Å²) in [5.41, 5.74) is 0. The topological polar surface area (TPSA) is 12.0 Å². The predicted octanol–water partition coefficient (Wildman–Crippen LogP) is 2.81. The first-order chi connectivity index (χ1) is 6.27. The van der Waals surface area contributed by atoms with E-state index in [1.165, 1.54) is 38.6 Å². The fourth-order valence-electron chi connectivity index (χ4n) is 2.40. The summed E-state index contributed by atoms with van der Waals surface area (Å²) in [5.74, 6) is 2.85. The third kappa shape index (κ3) is 2.46. The zero-order valence-corrected chi connectivity index (χ0v) is 9.05. The van der Waals surface area contributed by atoms with Gasteiger partial charge in [-0.3, -0.25) is 0 Å². The second-order valence-corrected chi connectivity index (χ2v) is 5.31. The molecule has 1 atom stereocenters. The van der Waals surface area contributed by atoms with Gasteiger partial charge in [-0.1, -0.05) is 20.3 Å². The molecular weight excluding hydrogens is 158 g/mol. The Labute approximate surface area is 82.3 Å². The normalized spacial score (nSPS) is 26.1. The maximum absolute atomic E-state index is 3.78. The summed E-state index contributed by atoms with van der Waals surface area (Å²) in [4.78, 5) is 0. The molecule has 0 radical (unpaired) electrons. The van der Waals surface area contributed by atoms with Crippen LogP contribution in [0.3, 0.4) is 0 Å². The molecule has 0 heterocycles. The second-order valence-electron chi connectivity index (χ2n) is 5.31. The summed E-state index contributed by atoms with van der Waals surface area (Å²) in [7, 11) is 0. The molecule has 2 fully saturated rings. The summed E-state index contributed by atoms with van der Waals surface area (Å²) in [5, 5.41) is 3.78. The maximum atomic E-state index is 3.78. The number of hydrogen-bond donors (Lipinski definition) is 1. The Morgan fingerprint density at radius 3 is 2.23 bits per heavy atom. The van der Waals surface area contributed by atoms with Gasteiger partial charge in [0.05, 0.1) is 0 Å². The predicted molar refractivity (Wildman–Crippen MR) is 56.7 cm³/mol. The molecule has 13 heavy (non-hydrogen) atoms. The maximum Gasteiger partial charge on any atom is 0.0118 e. The van der Waals surface area contributed by atoms with Crippen molar-refractivity contribution >= 4 is 0 Å². The molecule has 0 aliphatic heterocycles. The molecule has 2 aliphatic rings. The van der Waals surface area contributed by atoms with E-state index in [0.717, 1.165) is 23.8 Å². The first-order valence-electron chi connectivity index (χ1n) is 6.00. The SMILES string of the molecule is CC(C)C(NCC1CCC1)C1CC1. The van der Waals surface area contributed by atoms with Gasteiger partial charge in [-0.15, -0.1) is 0 Å². The van der Waals surface area contributed by atoms with Crippen LogP contribution in [-0.2, 0) is 0 Å². The smallest absolute Gasteiger partial charge is 0.0118 e. The monoisotopic (exact) mass is 181 g/mol. The van der Waals surface area contributed by atoms with E-state index in [2.05, 4.69) is 19.2 Å². The highest BCUT2D eigenvalue weighted by molar-refractivity contribution is 4.89. The van der Waals surface area contributed by atoms with Crippen LogP contribution in [0.5, 0.6) is 0 Å². The van der Waals surface area contributed by atoms with Gasteiger partial charge in [0.15, 0.2) is 0 Å². The molecule has 0 aromatic heterocycles. The molecule has 1 unspecified atom stereocenters. The summed E-state index contributed by atoms with van der Waals surface area (Å²) in [6.07, 6.45) is 7.37. The Bertz CT molecular complexity index is 155. The largest absolute Gasteiger partial charge is 0.313 e. The van der Waals surface area contributed by atoms with Crippen LogP contribution in [0.1, 0.15) is 46.0 Å². The van der Waals surface area contributed by atoms with E-state index in [9.17, 15) is 0 Å². The lowest BCUT2D eigenvalue weighted by molar-refractivity contribution is 0.262. The van der Waals surface area contributed by atoms with Crippen molar-refractivity contribution in [2.24, 2.45) is 17.8 Å². The molecule has 2 rings (SSSR count). The number of nitrogens with one attached hydrogen (secondary N) is 1. The van der Waals surface area contributed by atoms with Crippen LogP contribution in [0.15, 0.2) is 0 Å². The van der Waals surface area contributed by atoms with Gasteiger partial charge in [0, 0.05) is 6.04 Å². The molecule has 0 bridgehead atoms. The Hall–Kier alpha value is -0.0400. The van der Waals surface area contributed by atoms with Crippen molar-refractivity contribution in [3.8, 4) is 0 Å². The lowest BCUT2D eigenvalue weighted by Crippen LogP contribution is -2.40. The zero-order chi connectivity index (χ0) is 9.26. The van der Waals surface area contributed by atoms with E-state index >= 15 is 0 Å². The second kappa shape index (κ2) is 4.00. The van der Waals surface area contributed by atoms with Gasteiger partial charge in [0.25, 0.3) is 0 Å². The highest BCUT2D eigenvalue weighted by Crippen LogP contribution is 2.36. The van der Waals surface area contributed by atoms with Crippen LogP contribution in [-0.4, -0.2) is 12.6 Å². The van der Waals surface area contributed by atoms with Crippen molar-refractivity contribution in [3.63, 3.8) is 0 Å². The summed E-state index contributed by atoms with van der Waals surface area (Å²) in [6, 6.07) is 0.820. The van der Waals surface area contributed by atoms with E-state index < -0.39 is 0 Å². The van der Waals surface area contributed by atoms with E-state index in [4.69, 9.17) is 0 Å². The average Bonchev–Trinajstić information content (AvgIpc) is 2.76. The van der Waals surface area contributed by atoms with Gasteiger partial charge in [0.2, 0.25) is 0 Å². The minimum atomic E-state index is 0.820. The minimum Gasteiger partial charge on any atom is -0.313 e. The Balaban J connectivity index is 1.69. The van der Waals surface area contributed by atoms with Crippen molar-refractivity contribution < 1.29 is 0 Å². The van der Waals surface area contributed by atoms with Crippen molar-refractivity contribution in [1.82, 2.24) is 5.32 Å². The van der Waals surface area contributed by atoms with Crippen molar-refractivity contribution in [1.29, 1.82) is 0 Å². The Kier molecular flexibility index (Phi) is 2.92. The standard InChI is InChI=1S/C12H23N/c1-9(2)12(11-6-7-11)13-8-10-4-3-5-10/h9-13H,3-8H2,1-2H3. The molecule has 0 spiro atoms. The Morgan fingerprint density at radius 1 is 1.15 bits per heavy atom. The van der Waals surface area contributed by atoms with Crippen LogP contribution in [0.25, 0.3) is 0 Å². The first kappa shape index (κ1) is 9.51. The summed E-state index contributed by atoms with van der Waals surface area (Å²) < 4.78 is 0. The zero-order valence-electron chi connectivity index (χ0n) is 9.05. The van der Waals surface area contributed by atoms with Crippen LogP contribution in [0, 0.1) is 17.8 Å². The molecular formula is C12H23N. The molecule has 2 aliphatic carbocycles. The van der Waals surface area contributed by atoms with E-state index in [0.29, 0.717) is 0 Å². The fourth-order valence-corrected chi connectivity index (χ4v) is 2.40. The number of hydrogen-bond acceptors (Lipinski definition) is 1. The quantitative estimate of drug-likeness (QED) is 0.687. The van der Waals surface area contributed by atoms with Crippen molar-refractivity contribution in [2.75, 3.05) is 6.54 Å². The fraction of sp³-hybridized carbons (Fsp3) is 1.00. The van der Waals surface area contributed by atoms with Crippen LogP contribution in [0.4, 0.5) is 0 Å². The van der Waals surface area contributed by atoms with Crippen LogP contribution < -0.4 is 5.32 Å². The van der Waals surface area contributed by atoms with E-state index in [-0.39, 0.29) is 0 Å². The highest BCUT2D eigenvalue weighted by Gasteiger charge is 2.33. The van der Waals surface area contributed by atoms with Gasteiger partial charge in [0.1, 0.15) is 0 Å². The molecule has 0 saturated heterocycles.